The van der Waals surface area contributed by atoms with Gasteiger partial charge in [-0.1, -0.05) is 13.0 Å². The second-order valence-corrected chi connectivity index (χ2v) is 4.89. The van der Waals surface area contributed by atoms with E-state index in [2.05, 4.69) is 17.1 Å². The molecule has 18 heavy (non-hydrogen) atoms. The minimum atomic E-state index is 0.524. The first-order chi connectivity index (χ1) is 8.81. The van der Waals surface area contributed by atoms with Gasteiger partial charge in [-0.2, -0.15) is 5.10 Å². The van der Waals surface area contributed by atoms with E-state index in [1.165, 1.54) is 0 Å². The first kappa shape index (κ1) is 11.1. The molecule has 0 spiro atoms. The lowest BCUT2D eigenvalue weighted by Gasteiger charge is -2.01. The molecule has 5 heteroatoms. The van der Waals surface area contributed by atoms with Gasteiger partial charge in [-0.3, -0.25) is 5.10 Å². The molecule has 0 bridgehead atoms. The summed E-state index contributed by atoms with van der Waals surface area (Å²) in [5.74, 6) is 1.46. The Kier molecular flexibility index (Phi) is 2.68. The number of nitrogen functional groups attached to an aromatic ring is 1. The van der Waals surface area contributed by atoms with Gasteiger partial charge < -0.3 is 10.2 Å². The standard InChI is InChI=1S/C13H13N3OS/c1-2-9-8(5-6-17-9)12-11(13(14)16-15-12)10-4-3-7-18-10/h3-7H,2H2,1H3,(H3,14,15,16). The third-order valence-corrected chi connectivity index (χ3v) is 3.79. The normalized spacial score (nSPS) is 10.9. The maximum absolute atomic E-state index is 5.96. The number of aromatic nitrogens is 2. The Bertz CT molecular complexity index is 652. The summed E-state index contributed by atoms with van der Waals surface area (Å²) in [6, 6.07) is 6.00. The molecule has 0 aliphatic carbocycles. The van der Waals surface area contributed by atoms with E-state index in [-0.39, 0.29) is 0 Å². The summed E-state index contributed by atoms with van der Waals surface area (Å²) < 4.78 is 5.46. The first-order valence-corrected chi connectivity index (χ1v) is 6.63. The molecule has 0 unspecified atom stereocenters. The van der Waals surface area contributed by atoms with Gasteiger partial charge in [-0.05, 0) is 17.5 Å². The second-order valence-electron chi connectivity index (χ2n) is 3.95. The monoisotopic (exact) mass is 259 g/mol. The number of nitrogens with one attached hydrogen (secondary N) is 1. The van der Waals surface area contributed by atoms with Crippen molar-refractivity contribution in [1.82, 2.24) is 10.2 Å². The van der Waals surface area contributed by atoms with Crippen LogP contribution in [0.2, 0.25) is 0 Å². The molecular formula is C13H13N3OS. The Morgan fingerprint density at radius 3 is 3.06 bits per heavy atom. The van der Waals surface area contributed by atoms with Crippen LogP contribution in [0.15, 0.2) is 34.3 Å². The molecule has 0 amide bonds. The molecule has 4 nitrogen and oxygen atoms in total. The van der Waals surface area contributed by atoms with Gasteiger partial charge in [-0.15, -0.1) is 11.3 Å². The fraction of sp³-hybridized carbons (Fsp3) is 0.154. The van der Waals surface area contributed by atoms with Crippen LogP contribution in [0, 0.1) is 0 Å². The zero-order chi connectivity index (χ0) is 12.5. The third kappa shape index (κ3) is 1.64. The summed E-state index contributed by atoms with van der Waals surface area (Å²) in [6.07, 6.45) is 2.54. The molecule has 3 rings (SSSR count). The third-order valence-electron chi connectivity index (χ3n) is 2.90. The fourth-order valence-corrected chi connectivity index (χ4v) is 2.84. The Hall–Kier alpha value is -2.01. The molecule has 0 aliphatic heterocycles. The number of aryl methyl sites for hydroxylation is 1. The number of hydrogen-bond acceptors (Lipinski definition) is 4. The fourth-order valence-electron chi connectivity index (χ4n) is 2.06. The number of nitrogens with two attached hydrogens (primary N) is 1. The SMILES string of the molecule is CCc1occc1-c1[nH]nc(N)c1-c1cccs1. The van der Waals surface area contributed by atoms with Crippen LogP contribution in [0.1, 0.15) is 12.7 Å². The lowest BCUT2D eigenvalue weighted by Crippen LogP contribution is -1.87. The molecule has 0 aromatic carbocycles. The van der Waals surface area contributed by atoms with Crippen molar-refractivity contribution in [3.8, 4) is 21.7 Å². The van der Waals surface area contributed by atoms with Gasteiger partial charge in [0.15, 0.2) is 5.82 Å². The van der Waals surface area contributed by atoms with E-state index in [4.69, 9.17) is 10.2 Å². The van der Waals surface area contributed by atoms with Crippen molar-refractivity contribution in [2.24, 2.45) is 0 Å². The summed E-state index contributed by atoms with van der Waals surface area (Å²) in [5.41, 5.74) is 8.89. The van der Waals surface area contributed by atoms with Gasteiger partial charge in [0.25, 0.3) is 0 Å². The van der Waals surface area contributed by atoms with E-state index >= 15 is 0 Å². The van der Waals surface area contributed by atoms with Crippen molar-refractivity contribution < 1.29 is 4.42 Å². The molecule has 3 aromatic heterocycles. The van der Waals surface area contributed by atoms with Gasteiger partial charge in [0, 0.05) is 16.9 Å². The number of anilines is 1. The van der Waals surface area contributed by atoms with Crippen molar-refractivity contribution in [1.29, 1.82) is 0 Å². The highest BCUT2D eigenvalue weighted by atomic mass is 32.1. The Morgan fingerprint density at radius 2 is 2.33 bits per heavy atom. The molecule has 92 valence electrons. The zero-order valence-electron chi connectivity index (χ0n) is 9.93. The lowest BCUT2D eigenvalue weighted by molar-refractivity contribution is 0.517. The predicted molar refractivity (Wildman–Crippen MR) is 73.4 cm³/mol. The van der Waals surface area contributed by atoms with Crippen molar-refractivity contribution in [2.75, 3.05) is 5.73 Å². The van der Waals surface area contributed by atoms with E-state index < -0.39 is 0 Å². The average Bonchev–Trinajstić information content (AvgIpc) is 3.07. The molecule has 0 aliphatic rings. The van der Waals surface area contributed by atoms with Crippen LogP contribution < -0.4 is 5.73 Å². The van der Waals surface area contributed by atoms with E-state index in [1.54, 1.807) is 17.6 Å². The molecule has 3 heterocycles. The van der Waals surface area contributed by atoms with Gasteiger partial charge in [0.1, 0.15) is 5.76 Å². The van der Waals surface area contributed by atoms with Crippen molar-refractivity contribution in [2.45, 2.75) is 13.3 Å². The minimum Gasteiger partial charge on any atom is -0.469 e. The van der Waals surface area contributed by atoms with Gasteiger partial charge in [-0.25, -0.2) is 0 Å². The van der Waals surface area contributed by atoms with Crippen molar-refractivity contribution in [3.63, 3.8) is 0 Å². The second kappa shape index (κ2) is 4.34. The molecule has 0 radical (unpaired) electrons. The van der Waals surface area contributed by atoms with Gasteiger partial charge in [0.2, 0.25) is 0 Å². The van der Waals surface area contributed by atoms with Crippen LogP contribution in [0.5, 0.6) is 0 Å². The van der Waals surface area contributed by atoms with Crippen LogP contribution in [0.3, 0.4) is 0 Å². The molecular weight excluding hydrogens is 246 g/mol. The molecule has 0 saturated carbocycles. The largest absolute Gasteiger partial charge is 0.469 e. The van der Waals surface area contributed by atoms with E-state index in [1.807, 2.05) is 23.6 Å². The number of furan rings is 1. The highest BCUT2D eigenvalue weighted by Crippen LogP contribution is 2.38. The molecule has 0 atom stereocenters. The number of rotatable bonds is 3. The maximum Gasteiger partial charge on any atom is 0.154 e. The van der Waals surface area contributed by atoms with Gasteiger partial charge in [0.05, 0.1) is 17.5 Å². The summed E-state index contributed by atoms with van der Waals surface area (Å²) in [4.78, 5) is 1.11. The van der Waals surface area contributed by atoms with Crippen LogP contribution in [0.4, 0.5) is 5.82 Å². The van der Waals surface area contributed by atoms with Crippen molar-refractivity contribution >= 4 is 17.2 Å². The Labute approximate surface area is 108 Å². The summed E-state index contributed by atoms with van der Waals surface area (Å²) in [7, 11) is 0. The van der Waals surface area contributed by atoms with Crippen LogP contribution in [-0.2, 0) is 6.42 Å². The minimum absolute atomic E-state index is 0.524. The van der Waals surface area contributed by atoms with E-state index in [0.29, 0.717) is 5.82 Å². The number of hydrogen-bond donors (Lipinski definition) is 2. The number of thiophene rings is 1. The number of nitrogens with zero attached hydrogens (tertiary/aromatic N) is 1. The quantitative estimate of drug-likeness (QED) is 0.756. The molecule has 3 aromatic rings. The van der Waals surface area contributed by atoms with E-state index in [0.717, 1.165) is 33.9 Å². The highest BCUT2D eigenvalue weighted by Gasteiger charge is 2.18. The summed E-state index contributed by atoms with van der Waals surface area (Å²) in [6.45, 7) is 2.06. The van der Waals surface area contributed by atoms with E-state index in [9.17, 15) is 0 Å². The molecule has 0 fully saturated rings. The maximum atomic E-state index is 5.96. The van der Waals surface area contributed by atoms with Crippen LogP contribution in [0.25, 0.3) is 21.7 Å². The highest BCUT2D eigenvalue weighted by molar-refractivity contribution is 7.13. The molecule has 3 N–H and O–H groups in total. The van der Waals surface area contributed by atoms with Gasteiger partial charge >= 0.3 is 0 Å². The van der Waals surface area contributed by atoms with Crippen LogP contribution in [-0.4, -0.2) is 10.2 Å². The topological polar surface area (TPSA) is 67.8 Å². The average molecular weight is 259 g/mol. The number of aromatic amines is 1. The van der Waals surface area contributed by atoms with Crippen LogP contribution >= 0.6 is 11.3 Å². The summed E-state index contributed by atoms with van der Waals surface area (Å²) in [5, 5.41) is 9.16. The predicted octanol–water partition coefficient (Wildman–Crippen LogP) is 3.54. The smallest absolute Gasteiger partial charge is 0.154 e. The Balaban J connectivity index is 2.20. The van der Waals surface area contributed by atoms with Crippen molar-refractivity contribution in [3.05, 3.63) is 35.6 Å². The Morgan fingerprint density at radius 1 is 1.44 bits per heavy atom. The number of H-pyrrole nitrogens is 1. The lowest BCUT2D eigenvalue weighted by atomic mass is 10.1. The summed E-state index contributed by atoms with van der Waals surface area (Å²) >= 11 is 1.65. The molecule has 0 saturated heterocycles. The first-order valence-electron chi connectivity index (χ1n) is 5.75. The zero-order valence-corrected chi connectivity index (χ0v) is 10.8.